The fourth-order valence-corrected chi connectivity index (χ4v) is 3.20. The molecule has 0 aliphatic carbocycles. The van der Waals surface area contributed by atoms with Crippen LogP contribution in [-0.2, 0) is 0 Å². The summed E-state index contributed by atoms with van der Waals surface area (Å²) in [5.74, 6) is 1.53. The molecule has 1 amide bonds. The molecule has 1 aliphatic rings. The molecule has 3 rings (SSSR count). The highest BCUT2D eigenvalue weighted by molar-refractivity contribution is 9.10. The van der Waals surface area contributed by atoms with Gasteiger partial charge in [0.1, 0.15) is 10.4 Å². The quantitative estimate of drug-likeness (QED) is 0.866. The van der Waals surface area contributed by atoms with Crippen molar-refractivity contribution in [2.75, 3.05) is 24.5 Å². The number of rotatable bonds is 4. The molecule has 0 atom stereocenters. The van der Waals surface area contributed by atoms with Gasteiger partial charge in [0, 0.05) is 19.6 Å². The van der Waals surface area contributed by atoms with Crippen LogP contribution >= 0.6 is 15.9 Å². The minimum absolute atomic E-state index is 0.534. The molecule has 118 valence electrons. The van der Waals surface area contributed by atoms with Crippen LogP contribution in [0, 0.1) is 5.92 Å². The first-order valence-electron chi connectivity index (χ1n) is 7.35. The van der Waals surface area contributed by atoms with E-state index in [1.165, 1.54) is 0 Å². The van der Waals surface area contributed by atoms with Gasteiger partial charge in [-0.1, -0.05) is 0 Å². The predicted molar refractivity (Wildman–Crippen MR) is 86.3 cm³/mol. The number of aromatic nitrogens is 3. The average molecular weight is 368 g/mol. The summed E-state index contributed by atoms with van der Waals surface area (Å²) < 4.78 is 2.64. The van der Waals surface area contributed by atoms with Crippen molar-refractivity contribution in [1.29, 1.82) is 0 Å². The van der Waals surface area contributed by atoms with Crippen LogP contribution in [-0.4, -0.2) is 45.4 Å². The maximum absolute atomic E-state index is 10.5. The van der Waals surface area contributed by atoms with Gasteiger partial charge in [-0.15, -0.1) is 5.10 Å². The highest BCUT2D eigenvalue weighted by Gasteiger charge is 2.20. The van der Waals surface area contributed by atoms with E-state index >= 15 is 0 Å². The van der Waals surface area contributed by atoms with Gasteiger partial charge in [0.2, 0.25) is 0 Å². The van der Waals surface area contributed by atoms with Gasteiger partial charge >= 0.3 is 6.09 Å². The molecule has 3 heterocycles. The average Bonchev–Trinajstić information content (AvgIpc) is 2.89. The topological polar surface area (TPSA) is 82.8 Å². The minimum Gasteiger partial charge on any atom is -0.465 e. The van der Waals surface area contributed by atoms with E-state index in [0.717, 1.165) is 48.4 Å². The van der Waals surface area contributed by atoms with E-state index in [2.05, 4.69) is 36.2 Å². The Balaban J connectivity index is 1.58. The number of hydrogen-bond donors (Lipinski definition) is 2. The lowest BCUT2D eigenvalue weighted by molar-refractivity contribution is 0.193. The first-order valence-corrected chi connectivity index (χ1v) is 8.15. The number of imidazole rings is 1. The Hall–Kier alpha value is -1.83. The Labute approximate surface area is 136 Å². The molecule has 2 aromatic rings. The second kappa shape index (κ2) is 6.51. The van der Waals surface area contributed by atoms with Gasteiger partial charge in [-0.3, -0.25) is 0 Å². The molecule has 7 nitrogen and oxygen atoms in total. The molecule has 8 heteroatoms. The van der Waals surface area contributed by atoms with Crippen LogP contribution in [0.15, 0.2) is 22.9 Å². The van der Waals surface area contributed by atoms with E-state index in [9.17, 15) is 4.79 Å². The van der Waals surface area contributed by atoms with E-state index in [1.54, 1.807) is 10.7 Å². The molecule has 22 heavy (non-hydrogen) atoms. The van der Waals surface area contributed by atoms with Crippen LogP contribution in [0.2, 0.25) is 0 Å². The number of amides is 1. The number of halogens is 1. The van der Waals surface area contributed by atoms with Gasteiger partial charge in [-0.25, -0.2) is 14.3 Å². The number of carboxylic acid groups (broad SMARTS) is 1. The van der Waals surface area contributed by atoms with Gasteiger partial charge in [-0.05, 0) is 53.2 Å². The number of nitrogens with one attached hydrogen (secondary N) is 1. The minimum atomic E-state index is -0.944. The summed E-state index contributed by atoms with van der Waals surface area (Å²) >= 11 is 3.44. The summed E-state index contributed by atoms with van der Waals surface area (Å²) in [5, 5.41) is 15.6. The third-order valence-corrected chi connectivity index (χ3v) is 4.61. The van der Waals surface area contributed by atoms with Crippen molar-refractivity contribution in [1.82, 2.24) is 19.9 Å². The lowest BCUT2D eigenvalue weighted by atomic mass is 9.93. The van der Waals surface area contributed by atoms with Crippen molar-refractivity contribution in [2.24, 2.45) is 5.92 Å². The fraction of sp³-hybridized carbons (Fsp3) is 0.500. The molecular formula is C14H18BrN5O2. The maximum Gasteiger partial charge on any atom is 0.404 e. The van der Waals surface area contributed by atoms with Crippen molar-refractivity contribution >= 4 is 33.5 Å². The van der Waals surface area contributed by atoms with Crippen molar-refractivity contribution in [3.8, 4) is 0 Å². The van der Waals surface area contributed by atoms with Crippen LogP contribution in [0.3, 0.4) is 0 Å². The zero-order valence-electron chi connectivity index (χ0n) is 12.1. The van der Waals surface area contributed by atoms with E-state index in [4.69, 9.17) is 5.11 Å². The maximum atomic E-state index is 10.5. The van der Waals surface area contributed by atoms with E-state index in [1.807, 2.05) is 12.1 Å². The predicted octanol–water partition coefficient (Wildman–Crippen LogP) is 2.37. The van der Waals surface area contributed by atoms with Gasteiger partial charge < -0.3 is 15.3 Å². The molecule has 1 saturated heterocycles. The Kier molecular flexibility index (Phi) is 4.47. The smallest absolute Gasteiger partial charge is 0.404 e. The Morgan fingerprint density at radius 1 is 1.41 bits per heavy atom. The molecule has 0 spiro atoms. The monoisotopic (exact) mass is 367 g/mol. The summed E-state index contributed by atoms with van der Waals surface area (Å²) in [6.45, 7) is 2.43. The molecule has 0 bridgehead atoms. The Morgan fingerprint density at radius 3 is 2.91 bits per heavy atom. The standard InChI is InChI=1S/C14H18BrN5O2/c15-11-9-17-12-1-2-13(18-20(11)12)19-7-4-10(5-8-19)3-6-16-14(21)22/h1-2,9-10,16H,3-8H2,(H,21,22). The number of anilines is 1. The number of nitrogens with zero attached hydrogens (tertiary/aromatic N) is 4. The molecule has 0 radical (unpaired) electrons. The van der Waals surface area contributed by atoms with E-state index < -0.39 is 6.09 Å². The zero-order valence-corrected chi connectivity index (χ0v) is 13.7. The van der Waals surface area contributed by atoms with Crippen LogP contribution in [0.5, 0.6) is 0 Å². The van der Waals surface area contributed by atoms with Crippen molar-refractivity contribution in [2.45, 2.75) is 19.3 Å². The third kappa shape index (κ3) is 3.32. The number of carbonyl (C=O) groups is 1. The summed E-state index contributed by atoms with van der Waals surface area (Å²) in [5.41, 5.74) is 0.824. The normalized spacial score (nSPS) is 16.1. The second-order valence-electron chi connectivity index (χ2n) is 5.49. The van der Waals surface area contributed by atoms with Crippen molar-refractivity contribution in [3.05, 3.63) is 22.9 Å². The first kappa shape index (κ1) is 15.1. The number of hydrogen-bond acceptors (Lipinski definition) is 4. The van der Waals surface area contributed by atoms with E-state index in [-0.39, 0.29) is 0 Å². The molecule has 0 unspecified atom stereocenters. The summed E-state index contributed by atoms with van der Waals surface area (Å²) in [7, 11) is 0. The molecule has 0 saturated carbocycles. The van der Waals surface area contributed by atoms with Gasteiger partial charge in [0.05, 0.1) is 6.20 Å². The summed E-state index contributed by atoms with van der Waals surface area (Å²) in [4.78, 5) is 17.0. The molecular weight excluding hydrogens is 350 g/mol. The fourth-order valence-electron chi connectivity index (χ4n) is 2.84. The molecule has 1 aliphatic heterocycles. The van der Waals surface area contributed by atoms with Crippen molar-refractivity contribution < 1.29 is 9.90 Å². The van der Waals surface area contributed by atoms with Crippen LogP contribution < -0.4 is 10.2 Å². The third-order valence-electron chi connectivity index (χ3n) is 4.07. The molecule has 1 fully saturated rings. The largest absolute Gasteiger partial charge is 0.465 e. The zero-order chi connectivity index (χ0) is 15.5. The van der Waals surface area contributed by atoms with Gasteiger partial charge in [-0.2, -0.15) is 0 Å². The highest BCUT2D eigenvalue weighted by atomic mass is 79.9. The molecule has 2 aromatic heterocycles. The SMILES string of the molecule is O=C(O)NCCC1CCN(c2ccc3ncc(Br)n3n2)CC1. The highest BCUT2D eigenvalue weighted by Crippen LogP contribution is 2.24. The van der Waals surface area contributed by atoms with Crippen LogP contribution in [0.25, 0.3) is 5.65 Å². The van der Waals surface area contributed by atoms with Crippen LogP contribution in [0.4, 0.5) is 10.6 Å². The van der Waals surface area contributed by atoms with Crippen molar-refractivity contribution in [3.63, 3.8) is 0 Å². The van der Waals surface area contributed by atoms with Gasteiger partial charge in [0.15, 0.2) is 5.65 Å². The van der Waals surface area contributed by atoms with Crippen LogP contribution in [0.1, 0.15) is 19.3 Å². The summed E-state index contributed by atoms with van der Waals surface area (Å²) in [6, 6.07) is 3.97. The lowest BCUT2D eigenvalue weighted by Gasteiger charge is -2.32. The van der Waals surface area contributed by atoms with Gasteiger partial charge in [0.25, 0.3) is 0 Å². The summed E-state index contributed by atoms with van der Waals surface area (Å²) in [6.07, 6.45) is 3.83. The Bertz CT molecular complexity index is 666. The first-order chi connectivity index (χ1) is 10.6. The molecule has 2 N–H and O–H groups in total. The number of fused-ring (bicyclic) bond motifs is 1. The lowest BCUT2D eigenvalue weighted by Crippen LogP contribution is -2.35. The Morgan fingerprint density at radius 2 is 2.18 bits per heavy atom. The number of piperidine rings is 1. The molecule has 0 aromatic carbocycles. The van der Waals surface area contributed by atoms with E-state index in [0.29, 0.717) is 12.5 Å². The second-order valence-corrected chi connectivity index (χ2v) is 6.31.